The first-order valence-corrected chi connectivity index (χ1v) is 7.56. The van der Waals surface area contributed by atoms with Crippen molar-refractivity contribution in [2.75, 3.05) is 24.7 Å². The summed E-state index contributed by atoms with van der Waals surface area (Å²) in [5.41, 5.74) is 5.90. The molecule has 2 amide bonds. The third kappa shape index (κ3) is 6.58. The van der Waals surface area contributed by atoms with Gasteiger partial charge in [-0.15, -0.1) is 11.8 Å². The van der Waals surface area contributed by atoms with Crippen LogP contribution >= 0.6 is 11.8 Å². The molecule has 0 radical (unpaired) electrons. The molecular weight excluding hydrogens is 274 g/mol. The maximum absolute atomic E-state index is 11.8. The molecule has 0 unspecified atom stereocenters. The van der Waals surface area contributed by atoms with Crippen LogP contribution in [0.2, 0.25) is 0 Å². The Morgan fingerprint density at radius 1 is 1.25 bits per heavy atom. The van der Waals surface area contributed by atoms with Gasteiger partial charge in [0.2, 0.25) is 11.8 Å². The van der Waals surface area contributed by atoms with Crippen LogP contribution in [-0.4, -0.2) is 31.2 Å². The normalized spacial score (nSPS) is 10.2. The Bertz CT molecular complexity index is 452. The second-order valence-electron chi connectivity index (χ2n) is 4.32. The summed E-state index contributed by atoms with van der Waals surface area (Å²) in [5.74, 6) is 0.302. The van der Waals surface area contributed by atoms with Gasteiger partial charge in [-0.25, -0.2) is 0 Å². The van der Waals surface area contributed by atoms with Gasteiger partial charge < -0.3 is 16.4 Å². The minimum absolute atomic E-state index is 0.00296. The van der Waals surface area contributed by atoms with Gasteiger partial charge >= 0.3 is 0 Å². The van der Waals surface area contributed by atoms with Crippen LogP contribution in [0.15, 0.2) is 29.2 Å². The van der Waals surface area contributed by atoms with Crippen LogP contribution in [0.25, 0.3) is 0 Å². The Hall–Kier alpha value is -1.53. The van der Waals surface area contributed by atoms with Gasteiger partial charge in [-0.05, 0) is 32.1 Å². The van der Waals surface area contributed by atoms with Crippen LogP contribution in [0, 0.1) is 0 Å². The highest BCUT2D eigenvalue weighted by atomic mass is 32.2. The predicted octanol–water partition coefficient (Wildman–Crippen LogP) is 1.59. The van der Waals surface area contributed by atoms with Crippen molar-refractivity contribution in [1.29, 1.82) is 0 Å². The number of nitrogens with two attached hydrogens (primary N) is 1. The first-order chi connectivity index (χ1) is 9.63. The van der Waals surface area contributed by atoms with E-state index in [1.54, 1.807) is 0 Å². The molecule has 0 spiro atoms. The van der Waals surface area contributed by atoms with E-state index >= 15 is 0 Å². The Labute approximate surface area is 123 Å². The molecule has 6 heteroatoms. The van der Waals surface area contributed by atoms with Crippen molar-refractivity contribution in [2.45, 2.75) is 24.2 Å². The van der Waals surface area contributed by atoms with Crippen LogP contribution in [0.1, 0.15) is 19.3 Å². The van der Waals surface area contributed by atoms with E-state index in [2.05, 4.69) is 10.6 Å². The fourth-order valence-electron chi connectivity index (χ4n) is 1.60. The SMILES string of the molecule is CNCCCC(=O)Nc1ccccc1SCCC(N)=O. The van der Waals surface area contributed by atoms with Gasteiger partial charge in [0, 0.05) is 23.5 Å². The van der Waals surface area contributed by atoms with Gasteiger partial charge in [0.05, 0.1) is 5.69 Å². The Balaban J connectivity index is 2.51. The van der Waals surface area contributed by atoms with E-state index in [1.165, 1.54) is 11.8 Å². The molecule has 110 valence electrons. The van der Waals surface area contributed by atoms with Crippen molar-refractivity contribution in [3.05, 3.63) is 24.3 Å². The fraction of sp³-hybridized carbons (Fsp3) is 0.429. The molecule has 0 aliphatic heterocycles. The standard InChI is InChI=1S/C14H21N3O2S/c1-16-9-4-7-14(19)17-11-5-2-3-6-12(11)20-10-8-13(15)18/h2-3,5-6,16H,4,7-10H2,1H3,(H2,15,18)(H,17,19). The Morgan fingerprint density at radius 2 is 2.00 bits per heavy atom. The lowest BCUT2D eigenvalue weighted by molar-refractivity contribution is -0.118. The zero-order valence-corrected chi connectivity index (χ0v) is 12.5. The van der Waals surface area contributed by atoms with Crippen molar-refractivity contribution in [3.8, 4) is 0 Å². The molecule has 0 aromatic heterocycles. The highest BCUT2D eigenvalue weighted by Gasteiger charge is 2.07. The number of carbonyl (C=O) groups excluding carboxylic acids is 2. The minimum atomic E-state index is -0.314. The molecule has 0 bridgehead atoms. The topological polar surface area (TPSA) is 84.2 Å². The summed E-state index contributed by atoms with van der Waals surface area (Å²) in [7, 11) is 1.86. The Morgan fingerprint density at radius 3 is 2.70 bits per heavy atom. The molecule has 1 rings (SSSR count). The van der Waals surface area contributed by atoms with Gasteiger partial charge in [0.1, 0.15) is 0 Å². The van der Waals surface area contributed by atoms with Crippen molar-refractivity contribution in [1.82, 2.24) is 5.32 Å². The number of nitrogens with one attached hydrogen (secondary N) is 2. The van der Waals surface area contributed by atoms with Crippen molar-refractivity contribution >= 4 is 29.3 Å². The summed E-state index contributed by atoms with van der Waals surface area (Å²) < 4.78 is 0. The van der Waals surface area contributed by atoms with Gasteiger partial charge in [-0.3, -0.25) is 9.59 Å². The first-order valence-electron chi connectivity index (χ1n) is 6.58. The third-order valence-corrected chi connectivity index (χ3v) is 3.67. The number of benzene rings is 1. The second kappa shape index (κ2) is 9.39. The van der Waals surface area contributed by atoms with Crippen LogP contribution in [0.4, 0.5) is 5.69 Å². The molecule has 1 aromatic carbocycles. The number of rotatable bonds is 9. The number of hydrogen-bond acceptors (Lipinski definition) is 4. The zero-order valence-electron chi connectivity index (χ0n) is 11.6. The summed E-state index contributed by atoms with van der Waals surface area (Å²) in [6.07, 6.45) is 1.62. The molecule has 0 aliphatic carbocycles. The minimum Gasteiger partial charge on any atom is -0.370 e. The van der Waals surface area contributed by atoms with Gasteiger partial charge in [-0.1, -0.05) is 12.1 Å². The molecule has 0 saturated carbocycles. The van der Waals surface area contributed by atoms with Crippen LogP contribution in [0.5, 0.6) is 0 Å². The average molecular weight is 295 g/mol. The number of hydrogen-bond donors (Lipinski definition) is 3. The van der Waals surface area contributed by atoms with Crippen LogP contribution < -0.4 is 16.4 Å². The largest absolute Gasteiger partial charge is 0.370 e. The number of carbonyl (C=O) groups is 2. The van der Waals surface area contributed by atoms with Crippen molar-refractivity contribution in [3.63, 3.8) is 0 Å². The molecule has 0 atom stereocenters. The average Bonchev–Trinajstić information content (AvgIpc) is 2.40. The zero-order chi connectivity index (χ0) is 14.8. The molecule has 5 nitrogen and oxygen atoms in total. The molecular formula is C14H21N3O2S. The molecule has 0 heterocycles. The van der Waals surface area contributed by atoms with Gasteiger partial charge in [0.25, 0.3) is 0 Å². The van der Waals surface area contributed by atoms with Crippen LogP contribution in [-0.2, 0) is 9.59 Å². The number of primary amides is 1. The Kier molecular flexibility index (Phi) is 7.75. The highest BCUT2D eigenvalue weighted by molar-refractivity contribution is 7.99. The smallest absolute Gasteiger partial charge is 0.224 e. The van der Waals surface area contributed by atoms with Crippen molar-refractivity contribution < 1.29 is 9.59 Å². The number of para-hydroxylation sites is 1. The van der Waals surface area contributed by atoms with Crippen LogP contribution in [0.3, 0.4) is 0 Å². The molecule has 0 fully saturated rings. The summed E-state index contributed by atoms with van der Waals surface area (Å²) >= 11 is 1.52. The van der Waals surface area contributed by atoms with E-state index in [9.17, 15) is 9.59 Å². The van der Waals surface area contributed by atoms with Gasteiger partial charge in [-0.2, -0.15) is 0 Å². The van der Waals surface area contributed by atoms with E-state index in [0.717, 1.165) is 23.5 Å². The lowest BCUT2D eigenvalue weighted by Crippen LogP contribution is -2.15. The van der Waals surface area contributed by atoms with E-state index in [1.807, 2.05) is 31.3 Å². The molecule has 0 saturated heterocycles. The first kappa shape index (κ1) is 16.5. The lowest BCUT2D eigenvalue weighted by Gasteiger charge is -2.10. The highest BCUT2D eigenvalue weighted by Crippen LogP contribution is 2.27. The summed E-state index contributed by atoms with van der Waals surface area (Å²) in [5, 5.41) is 5.91. The maximum Gasteiger partial charge on any atom is 0.224 e. The fourth-order valence-corrected chi connectivity index (χ4v) is 2.57. The lowest BCUT2D eigenvalue weighted by atomic mass is 10.2. The van der Waals surface area contributed by atoms with Crippen molar-refractivity contribution in [2.24, 2.45) is 5.73 Å². The quantitative estimate of drug-likeness (QED) is 0.477. The summed E-state index contributed by atoms with van der Waals surface area (Å²) in [6, 6.07) is 7.57. The van der Waals surface area contributed by atoms with E-state index in [-0.39, 0.29) is 11.8 Å². The van der Waals surface area contributed by atoms with E-state index in [4.69, 9.17) is 5.73 Å². The van der Waals surface area contributed by atoms with E-state index < -0.39 is 0 Å². The third-order valence-electron chi connectivity index (χ3n) is 2.60. The maximum atomic E-state index is 11.8. The summed E-state index contributed by atoms with van der Waals surface area (Å²) in [4.78, 5) is 23.5. The second-order valence-corrected chi connectivity index (χ2v) is 5.45. The monoisotopic (exact) mass is 295 g/mol. The van der Waals surface area contributed by atoms with Gasteiger partial charge in [0.15, 0.2) is 0 Å². The number of anilines is 1. The predicted molar refractivity (Wildman–Crippen MR) is 82.8 cm³/mol. The molecule has 1 aromatic rings. The molecule has 4 N–H and O–H groups in total. The summed E-state index contributed by atoms with van der Waals surface area (Å²) in [6.45, 7) is 0.822. The number of amides is 2. The molecule has 0 aliphatic rings. The van der Waals surface area contributed by atoms with E-state index in [0.29, 0.717) is 18.6 Å². The molecule has 20 heavy (non-hydrogen) atoms. The number of thioether (sulfide) groups is 1.